The minimum atomic E-state index is -4.73. The molecule has 1 fully saturated rings. The van der Waals surface area contributed by atoms with E-state index in [4.69, 9.17) is 0 Å². The topological polar surface area (TPSA) is 78.0 Å². The number of nitrogens with one attached hydrogen (secondary N) is 3. The molecule has 0 aromatic heterocycles. The van der Waals surface area contributed by atoms with Crippen LogP contribution in [0.15, 0.2) is 41.5 Å². The lowest BCUT2D eigenvalue weighted by Crippen LogP contribution is -2.54. The van der Waals surface area contributed by atoms with Crippen molar-refractivity contribution >= 4 is 23.1 Å². The van der Waals surface area contributed by atoms with Crippen molar-refractivity contribution in [2.45, 2.75) is 52.1 Å². The van der Waals surface area contributed by atoms with Crippen molar-refractivity contribution in [3.8, 4) is 16.9 Å². The van der Waals surface area contributed by atoms with Crippen LogP contribution in [0.1, 0.15) is 32.8 Å². The molecule has 2 aromatic rings. The zero-order valence-corrected chi connectivity index (χ0v) is 19.3. The molecule has 34 heavy (non-hydrogen) atoms. The summed E-state index contributed by atoms with van der Waals surface area (Å²) >= 11 is 0. The molecule has 1 saturated heterocycles. The van der Waals surface area contributed by atoms with Gasteiger partial charge in [0, 0.05) is 36.4 Å². The molecule has 10 heteroatoms. The van der Waals surface area contributed by atoms with Crippen LogP contribution in [0.2, 0.25) is 0 Å². The maximum atomic E-state index is 12.5. The first-order valence-corrected chi connectivity index (χ1v) is 11.4. The first-order chi connectivity index (χ1) is 16.3. The third-order valence-corrected chi connectivity index (χ3v) is 5.98. The zero-order valence-electron chi connectivity index (χ0n) is 19.3. The highest BCUT2D eigenvalue weighted by Gasteiger charge is 2.35. The van der Waals surface area contributed by atoms with Gasteiger partial charge in [0.2, 0.25) is 0 Å². The first kappa shape index (κ1) is 23.9. The van der Waals surface area contributed by atoms with Crippen LogP contribution >= 0.6 is 0 Å². The Hall–Kier alpha value is -3.27. The summed E-state index contributed by atoms with van der Waals surface area (Å²) in [6.45, 7) is 7.49. The van der Waals surface area contributed by atoms with Crippen molar-refractivity contribution in [3.05, 3.63) is 42.0 Å². The van der Waals surface area contributed by atoms with Gasteiger partial charge in [0.25, 0.3) is 5.91 Å². The summed E-state index contributed by atoms with van der Waals surface area (Å²) in [5.74, 6) is 0.400. The van der Waals surface area contributed by atoms with Gasteiger partial charge in [0.15, 0.2) is 0 Å². The summed E-state index contributed by atoms with van der Waals surface area (Å²) in [7, 11) is 0. The van der Waals surface area contributed by atoms with Crippen molar-refractivity contribution in [3.63, 3.8) is 0 Å². The van der Waals surface area contributed by atoms with Crippen LogP contribution < -0.4 is 25.7 Å². The average molecular weight is 476 g/mol. The van der Waals surface area contributed by atoms with Crippen LogP contribution in [-0.4, -0.2) is 43.3 Å². The largest absolute Gasteiger partial charge is 0.573 e. The molecule has 2 aromatic carbocycles. The predicted octanol–water partition coefficient (Wildman–Crippen LogP) is 4.25. The smallest absolute Gasteiger partial charge is 0.406 e. The molecule has 0 aliphatic carbocycles. The van der Waals surface area contributed by atoms with Crippen LogP contribution in [0.4, 0.5) is 24.5 Å². The number of amides is 1. The van der Waals surface area contributed by atoms with Crippen molar-refractivity contribution in [1.29, 1.82) is 0 Å². The summed E-state index contributed by atoms with van der Waals surface area (Å²) in [5.41, 5.74) is 7.10. The highest BCUT2D eigenvalue weighted by atomic mass is 19.4. The number of aryl methyl sites for hydroxylation is 1. The van der Waals surface area contributed by atoms with Gasteiger partial charge in [0.05, 0.1) is 6.04 Å². The van der Waals surface area contributed by atoms with Gasteiger partial charge in [-0.15, -0.1) is 13.2 Å². The van der Waals surface area contributed by atoms with E-state index in [1.807, 2.05) is 31.7 Å². The average Bonchev–Trinajstić information content (AvgIpc) is 2.79. The number of fused-ring (bicyclic) bond motifs is 3. The Morgan fingerprint density at radius 3 is 2.44 bits per heavy atom. The number of alkyl halides is 3. The molecule has 7 nitrogen and oxygen atoms in total. The van der Waals surface area contributed by atoms with Gasteiger partial charge in [0.1, 0.15) is 17.6 Å². The first-order valence-electron chi connectivity index (χ1n) is 11.4. The lowest BCUT2D eigenvalue weighted by molar-refractivity contribution is -0.274. The van der Waals surface area contributed by atoms with Crippen LogP contribution in [0.3, 0.4) is 0 Å². The predicted molar refractivity (Wildman–Crippen MR) is 126 cm³/mol. The highest BCUT2D eigenvalue weighted by molar-refractivity contribution is 6.09. The van der Waals surface area contributed by atoms with Crippen LogP contribution in [0, 0.1) is 0 Å². The fraction of sp³-hybridized carbons (Fsp3) is 0.417. The number of rotatable bonds is 4. The number of hydrogen-bond donors (Lipinski definition) is 3. The number of benzene rings is 2. The van der Waals surface area contributed by atoms with E-state index in [1.54, 1.807) is 12.1 Å². The van der Waals surface area contributed by atoms with Gasteiger partial charge in [-0.2, -0.15) is 5.10 Å². The Kier molecular flexibility index (Phi) is 6.70. The standard InChI is InChI=1S/C22H22F3N5O2.C2H6/c1-12-21(31)29-28-20-7-4-14-8-17(13-2-5-16(6-3-13)32-22(23,24)25)18(9-19(14)30(12)20)27-15-10-26-11-15;1-2/h2-3,5-6,8-9,12,15,26-27H,4,7,10-11H2,1H3,(H,29,31);1-2H3. The second-order valence-corrected chi connectivity index (χ2v) is 8.15. The van der Waals surface area contributed by atoms with E-state index < -0.39 is 6.36 Å². The molecular formula is C24H28F3N5O2. The van der Waals surface area contributed by atoms with E-state index in [1.165, 1.54) is 12.1 Å². The molecular weight excluding hydrogens is 447 g/mol. The second-order valence-electron chi connectivity index (χ2n) is 8.15. The number of hydrogen-bond acceptors (Lipinski definition) is 6. The fourth-order valence-corrected chi connectivity index (χ4v) is 4.24. The third-order valence-electron chi connectivity index (χ3n) is 5.98. The molecule has 5 rings (SSSR count). The number of halogens is 3. The number of ether oxygens (including phenoxy) is 1. The van der Waals surface area contributed by atoms with E-state index in [0.717, 1.165) is 53.4 Å². The lowest BCUT2D eigenvalue weighted by Gasteiger charge is -2.39. The van der Waals surface area contributed by atoms with E-state index >= 15 is 0 Å². The quantitative estimate of drug-likeness (QED) is 0.617. The Bertz CT molecular complexity index is 1080. The van der Waals surface area contributed by atoms with Gasteiger partial charge >= 0.3 is 6.36 Å². The maximum Gasteiger partial charge on any atom is 0.573 e. The molecule has 0 radical (unpaired) electrons. The van der Waals surface area contributed by atoms with Crippen LogP contribution in [0.25, 0.3) is 11.1 Å². The Labute approximate surface area is 196 Å². The summed E-state index contributed by atoms with van der Waals surface area (Å²) in [4.78, 5) is 14.2. The molecule has 182 valence electrons. The second kappa shape index (κ2) is 9.54. The summed E-state index contributed by atoms with van der Waals surface area (Å²) < 4.78 is 41.6. The van der Waals surface area contributed by atoms with Crippen molar-refractivity contribution < 1.29 is 22.7 Å². The third kappa shape index (κ3) is 4.82. The number of anilines is 2. The van der Waals surface area contributed by atoms with Crippen molar-refractivity contribution in [2.75, 3.05) is 23.3 Å². The Balaban J connectivity index is 0.00000133. The Morgan fingerprint density at radius 2 is 1.82 bits per heavy atom. The van der Waals surface area contributed by atoms with Crippen molar-refractivity contribution in [1.82, 2.24) is 10.7 Å². The maximum absolute atomic E-state index is 12.5. The molecule has 1 atom stereocenters. The number of amidine groups is 1. The van der Waals surface area contributed by atoms with E-state index in [-0.39, 0.29) is 23.7 Å². The number of nitrogens with zero attached hydrogens (tertiary/aromatic N) is 2. The van der Waals surface area contributed by atoms with E-state index in [9.17, 15) is 18.0 Å². The summed E-state index contributed by atoms with van der Waals surface area (Å²) in [6.07, 6.45) is -3.29. The minimum Gasteiger partial charge on any atom is -0.406 e. The molecule has 3 aliphatic heterocycles. The number of carbonyl (C=O) groups excluding carboxylic acids is 1. The number of carbonyl (C=O) groups is 1. The van der Waals surface area contributed by atoms with Gasteiger partial charge < -0.3 is 20.3 Å². The molecule has 0 saturated carbocycles. The molecule has 0 bridgehead atoms. The minimum absolute atomic E-state index is 0.163. The molecule has 1 unspecified atom stereocenters. The van der Waals surface area contributed by atoms with E-state index in [2.05, 4.69) is 32.0 Å². The number of hydrazone groups is 1. The van der Waals surface area contributed by atoms with Gasteiger partial charge in [-0.05, 0) is 48.7 Å². The monoisotopic (exact) mass is 475 g/mol. The van der Waals surface area contributed by atoms with Gasteiger partial charge in [-0.25, -0.2) is 5.43 Å². The van der Waals surface area contributed by atoms with Crippen LogP contribution in [0.5, 0.6) is 5.75 Å². The molecule has 3 N–H and O–H groups in total. The fourth-order valence-electron chi connectivity index (χ4n) is 4.24. The molecule has 0 spiro atoms. The van der Waals surface area contributed by atoms with Gasteiger partial charge in [-0.1, -0.05) is 26.0 Å². The molecule has 1 amide bonds. The SMILES string of the molecule is CC.CC1C(=O)NN=C2CCc3cc(-c4ccc(OC(F)(F)F)cc4)c(NC4CNC4)cc3N21. The van der Waals surface area contributed by atoms with Gasteiger partial charge in [-0.3, -0.25) is 4.79 Å². The lowest BCUT2D eigenvalue weighted by atomic mass is 9.92. The summed E-state index contributed by atoms with van der Waals surface area (Å²) in [5, 5.41) is 11.0. The van der Waals surface area contributed by atoms with E-state index in [0.29, 0.717) is 6.42 Å². The van der Waals surface area contributed by atoms with Crippen LogP contribution in [-0.2, 0) is 11.2 Å². The highest BCUT2D eigenvalue weighted by Crippen LogP contribution is 2.40. The summed E-state index contributed by atoms with van der Waals surface area (Å²) in [6, 6.07) is 9.83. The molecule has 3 heterocycles. The zero-order chi connectivity index (χ0) is 24.5. The normalized spacial score (nSPS) is 19.5. The Morgan fingerprint density at radius 1 is 1.12 bits per heavy atom. The molecule has 3 aliphatic rings. The van der Waals surface area contributed by atoms with Crippen molar-refractivity contribution in [2.24, 2.45) is 5.10 Å².